The van der Waals surface area contributed by atoms with E-state index in [9.17, 15) is 4.57 Å². The highest BCUT2D eigenvalue weighted by molar-refractivity contribution is 7.62. The Morgan fingerprint density at radius 2 is 1.45 bits per heavy atom. The molecule has 20 heavy (non-hydrogen) atoms. The number of imidazole rings is 2. The maximum atomic E-state index is 13.0. The maximum Gasteiger partial charge on any atom is 0.499 e. The molecular formula is C12H11N4O3P. The van der Waals surface area contributed by atoms with Gasteiger partial charge in [0.2, 0.25) is 0 Å². The lowest BCUT2D eigenvalue weighted by Crippen LogP contribution is -2.24. The molecule has 0 unspecified atom stereocenters. The molecule has 0 radical (unpaired) electrons. The van der Waals surface area contributed by atoms with Crippen LogP contribution >= 0.6 is 7.60 Å². The molecule has 0 bridgehead atoms. The van der Waals surface area contributed by atoms with Gasteiger partial charge in [-0.05, 0) is 12.1 Å². The zero-order chi connectivity index (χ0) is 13.8. The van der Waals surface area contributed by atoms with E-state index in [1.165, 1.54) is 46.9 Å². The Labute approximate surface area is 114 Å². The van der Waals surface area contributed by atoms with Crippen molar-refractivity contribution in [3.63, 3.8) is 0 Å². The highest BCUT2D eigenvalue weighted by atomic mass is 31.2. The van der Waals surface area contributed by atoms with Crippen LogP contribution in [-0.4, -0.2) is 19.4 Å². The Hall–Kier alpha value is -2.53. The van der Waals surface area contributed by atoms with E-state index in [2.05, 4.69) is 9.97 Å². The average Bonchev–Trinajstić information content (AvgIpc) is 3.13. The van der Waals surface area contributed by atoms with Gasteiger partial charge in [0.25, 0.3) is 0 Å². The van der Waals surface area contributed by atoms with E-state index in [4.69, 9.17) is 9.25 Å². The monoisotopic (exact) mass is 290 g/mol. The van der Waals surface area contributed by atoms with Crippen molar-refractivity contribution in [2.24, 2.45) is 0 Å². The molecule has 8 heteroatoms. The van der Waals surface area contributed by atoms with Crippen molar-refractivity contribution in [1.29, 1.82) is 0 Å². The van der Waals surface area contributed by atoms with E-state index in [1.54, 1.807) is 24.3 Å². The van der Waals surface area contributed by atoms with Crippen LogP contribution in [0.5, 0.6) is 0 Å². The Balaban J connectivity index is 1.96. The first-order valence-electron chi connectivity index (χ1n) is 5.78. The van der Waals surface area contributed by atoms with Crippen LogP contribution in [0.4, 0.5) is 0 Å². The quantitative estimate of drug-likeness (QED) is 0.659. The molecule has 0 aliphatic rings. The molecule has 0 aliphatic carbocycles. The van der Waals surface area contributed by atoms with Gasteiger partial charge in [-0.15, -0.1) is 0 Å². The standard InChI is InChI=1S/C12H11N4O3P/c17-20(12-4-2-1-3-5-12,18-15-8-6-13-10-15)19-16-9-7-14-11-16/h1-11H. The molecule has 3 aromatic rings. The maximum absolute atomic E-state index is 13.0. The lowest BCUT2D eigenvalue weighted by atomic mass is 10.4. The summed E-state index contributed by atoms with van der Waals surface area (Å²) < 4.78 is 26.4. The van der Waals surface area contributed by atoms with Gasteiger partial charge < -0.3 is 9.25 Å². The van der Waals surface area contributed by atoms with Crippen molar-refractivity contribution in [3.05, 3.63) is 67.8 Å². The fourth-order valence-corrected chi connectivity index (χ4v) is 3.00. The summed E-state index contributed by atoms with van der Waals surface area (Å²) in [4.78, 5) is 7.68. The minimum atomic E-state index is -3.60. The minimum absolute atomic E-state index is 0.433. The summed E-state index contributed by atoms with van der Waals surface area (Å²) in [5.74, 6) is 0. The van der Waals surface area contributed by atoms with Crippen LogP contribution in [0.1, 0.15) is 0 Å². The van der Waals surface area contributed by atoms with Gasteiger partial charge in [-0.2, -0.15) is 9.46 Å². The number of hydrogen-bond donors (Lipinski definition) is 0. The third-order valence-corrected chi connectivity index (χ3v) is 4.17. The molecule has 0 fully saturated rings. The Bertz CT molecular complexity index is 657. The molecule has 3 rings (SSSR count). The lowest BCUT2D eigenvalue weighted by molar-refractivity contribution is 0.181. The third kappa shape index (κ3) is 2.57. The molecule has 1 aromatic carbocycles. The molecule has 2 aromatic heterocycles. The molecule has 7 nitrogen and oxygen atoms in total. The predicted octanol–water partition coefficient (Wildman–Crippen LogP) is 1.16. The molecule has 2 heterocycles. The van der Waals surface area contributed by atoms with Crippen molar-refractivity contribution in [2.75, 3.05) is 0 Å². The summed E-state index contributed by atoms with van der Waals surface area (Å²) in [5.41, 5.74) is 0. The fraction of sp³-hybridized carbons (Fsp3) is 0. The summed E-state index contributed by atoms with van der Waals surface area (Å²) in [7, 11) is -3.60. The van der Waals surface area contributed by atoms with E-state index in [-0.39, 0.29) is 0 Å². The van der Waals surface area contributed by atoms with E-state index in [0.29, 0.717) is 5.30 Å². The molecule has 0 aliphatic heterocycles. The highest BCUT2D eigenvalue weighted by Crippen LogP contribution is 2.39. The van der Waals surface area contributed by atoms with Gasteiger partial charge in [0.1, 0.15) is 12.7 Å². The van der Waals surface area contributed by atoms with Gasteiger partial charge in [-0.1, -0.05) is 18.2 Å². The van der Waals surface area contributed by atoms with E-state index in [1.807, 2.05) is 6.07 Å². The summed E-state index contributed by atoms with van der Waals surface area (Å²) in [6, 6.07) is 8.69. The number of aromatic nitrogens is 4. The Kier molecular flexibility index (Phi) is 3.26. The number of rotatable bonds is 5. The molecule has 0 atom stereocenters. The van der Waals surface area contributed by atoms with E-state index >= 15 is 0 Å². The lowest BCUT2D eigenvalue weighted by Gasteiger charge is -2.18. The summed E-state index contributed by atoms with van der Waals surface area (Å²) in [6.45, 7) is 0. The number of hydrogen-bond acceptors (Lipinski definition) is 5. The van der Waals surface area contributed by atoms with Gasteiger partial charge in [0.05, 0.1) is 17.7 Å². The van der Waals surface area contributed by atoms with Crippen LogP contribution in [0.15, 0.2) is 67.8 Å². The van der Waals surface area contributed by atoms with Gasteiger partial charge in [0.15, 0.2) is 0 Å². The van der Waals surface area contributed by atoms with Crippen LogP contribution in [0.2, 0.25) is 0 Å². The van der Waals surface area contributed by atoms with Crippen molar-refractivity contribution in [1.82, 2.24) is 19.4 Å². The van der Waals surface area contributed by atoms with Crippen LogP contribution < -0.4 is 14.6 Å². The second-order valence-corrected chi connectivity index (χ2v) is 5.68. The number of nitrogens with zero attached hydrogens (tertiary/aromatic N) is 4. The first-order chi connectivity index (χ1) is 9.76. The van der Waals surface area contributed by atoms with Crippen LogP contribution in [-0.2, 0) is 4.57 Å². The zero-order valence-corrected chi connectivity index (χ0v) is 11.2. The van der Waals surface area contributed by atoms with Gasteiger partial charge in [-0.25, -0.2) is 14.5 Å². The smallest absolute Gasteiger partial charge is 0.318 e. The predicted molar refractivity (Wildman–Crippen MR) is 71.3 cm³/mol. The summed E-state index contributed by atoms with van der Waals surface area (Å²) >= 11 is 0. The molecule has 102 valence electrons. The average molecular weight is 290 g/mol. The Morgan fingerprint density at radius 3 is 1.90 bits per heavy atom. The fourth-order valence-electron chi connectivity index (χ4n) is 1.56. The molecular weight excluding hydrogens is 279 g/mol. The summed E-state index contributed by atoms with van der Waals surface area (Å²) in [5, 5.41) is 0.433. The molecule has 0 saturated carbocycles. The third-order valence-electron chi connectivity index (χ3n) is 2.44. The van der Waals surface area contributed by atoms with Gasteiger partial charge in [-0.3, -0.25) is 0 Å². The normalized spacial score (nSPS) is 11.2. The van der Waals surface area contributed by atoms with Crippen molar-refractivity contribution >= 4 is 12.9 Å². The zero-order valence-electron chi connectivity index (χ0n) is 10.3. The number of benzene rings is 1. The topological polar surface area (TPSA) is 71.2 Å². The van der Waals surface area contributed by atoms with Gasteiger partial charge >= 0.3 is 7.60 Å². The Morgan fingerprint density at radius 1 is 0.900 bits per heavy atom. The SMILES string of the molecule is O=P(On1ccnc1)(On1ccnc1)c1ccccc1. The summed E-state index contributed by atoms with van der Waals surface area (Å²) in [6.07, 6.45) is 8.90. The van der Waals surface area contributed by atoms with Crippen LogP contribution in [0.3, 0.4) is 0 Å². The first-order valence-corrected chi connectivity index (χ1v) is 7.32. The van der Waals surface area contributed by atoms with E-state index in [0.717, 1.165) is 0 Å². The van der Waals surface area contributed by atoms with Gasteiger partial charge in [0, 0.05) is 12.4 Å². The molecule has 0 spiro atoms. The van der Waals surface area contributed by atoms with E-state index < -0.39 is 7.60 Å². The highest BCUT2D eigenvalue weighted by Gasteiger charge is 2.32. The second kappa shape index (κ2) is 5.22. The molecule has 0 N–H and O–H groups in total. The molecule has 0 amide bonds. The van der Waals surface area contributed by atoms with Crippen molar-refractivity contribution < 1.29 is 13.8 Å². The van der Waals surface area contributed by atoms with Crippen molar-refractivity contribution in [2.45, 2.75) is 0 Å². The second-order valence-electron chi connectivity index (χ2n) is 3.84. The largest absolute Gasteiger partial charge is 0.499 e. The first kappa shape index (κ1) is 12.5. The van der Waals surface area contributed by atoms with Crippen molar-refractivity contribution in [3.8, 4) is 0 Å². The van der Waals surface area contributed by atoms with Crippen LogP contribution in [0, 0.1) is 0 Å². The minimum Gasteiger partial charge on any atom is -0.318 e. The molecule has 0 saturated heterocycles. The van der Waals surface area contributed by atoms with Crippen LogP contribution in [0.25, 0.3) is 0 Å².